The number of rotatable bonds is 5. The molecule has 4 nitrogen and oxygen atoms in total. The number of nitrogens with one attached hydrogen (secondary N) is 1. The first kappa shape index (κ1) is 14.0. The zero-order valence-corrected chi connectivity index (χ0v) is 11.1. The number of nitrogens with two attached hydrogens (primary N) is 1. The highest BCUT2D eigenvalue weighted by atomic mass is 32.2. The SMILES string of the molecule is COCC(Sc1ccc(C)cc1C)C(=O)NN. The van der Waals surface area contributed by atoms with Crippen LogP contribution in [-0.2, 0) is 9.53 Å². The van der Waals surface area contributed by atoms with Gasteiger partial charge in [-0.25, -0.2) is 5.84 Å². The van der Waals surface area contributed by atoms with Crippen LogP contribution in [0.2, 0.25) is 0 Å². The van der Waals surface area contributed by atoms with Crippen LogP contribution in [0.4, 0.5) is 0 Å². The number of hydrogen-bond acceptors (Lipinski definition) is 4. The average molecular weight is 254 g/mol. The Kier molecular flexibility index (Phi) is 5.47. The van der Waals surface area contributed by atoms with Crippen molar-refractivity contribution in [1.82, 2.24) is 5.43 Å². The maximum absolute atomic E-state index is 11.5. The zero-order valence-electron chi connectivity index (χ0n) is 10.3. The van der Waals surface area contributed by atoms with Gasteiger partial charge < -0.3 is 4.74 Å². The van der Waals surface area contributed by atoms with Crippen molar-refractivity contribution in [1.29, 1.82) is 0 Å². The lowest BCUT2D eigenvalue weighted by Crippen LogP contribution is -2.39. The van der Waals surface area contributed by atoms with Gasteiger partial charge >= 0.3 is 0 Å². The fourth-order valence-electron chi connectivity index (χ4n) is 1.49. The Bertz CT molecular complexity index is 396. The van der Waals surface area contributed by atoms with Crippen LogP contribution in [0.5, 0.6) is 0 Å². The number of thioether (sulfide) groups is 1. The van der Waals surface area contributed by atoms with Gasteiger partial charge in [0.25, 0.3) is 0 Å². The van der Waals surface area contributed by atoms with Crippen LogP contribution >= 0.6 is 11.8 Å². The third-order valence-electron chi connectivity index (χ3n) is 2.35. The molecular formula is C12H18N2O2S. The quantitative estimate of drug-likeness (QED) is 0.361. The number of carbonyl (C=O) groups is 1. The first-order chi connectivity index (χ1) is 8.08. The van der Waals surface area contributed by atoms with Gasteiger partial charge in [0.15, 0.2) is 0 Å². The molecule has 3 N–H and O–H groups in total. The predicted molar refractivity (Wildman–Crippen MR) is 69.8 cm³/mol. The molecule has 5 heteroatoms. The number of hydrogen-bond donors (Lipinski definition) is 2. The summed E-state index contributed by atoms with van der Waals surface area (Å²) >= 11 is 1.46. The molecule has 94 valence electrons. The second-order valence-electron chi connectivity index (χ2n) is 3.84. The molecule has 0 aromatic heterocycles. The van der Waals surface area contributed by atoms with Crippen molar-refractivity contribution >= 4 is 17.7 Å². The van der Waals surface area contributed by atoms with Crippen molar-refractivity contribution in [3.8, 4) is 0 Å². The molecule has 1 atom stereocenters. The molecule has 0 aliphatic rings. The fourth-order valence-corrected chi connectivity index (χ4v) is 2.57. The normalized spacial score (nSPS) is 12.2. The molecule has 0 aliphatic carbocycles. The molecule has 0 bridgehead atoms. The van der Waals surface area contributed by atoms with Crippen molar-refractivity contribution in [3.63, 3.8) is 0 Å². The summed E-state index contributed by atoms with van der Waals surface area (Å²) < 4.78 is 5.03. The van der Waals surface area contributed by atoms with Gasteiger partial charge in [0.1, 0.15) is 5.25 Å². The van der Waals surface area contributed by atoms with Crippen LogP contribution in [0.1, 0.15) is 11.1 Å². The Labute approximate surface area is 106 Å². The number of ether oxygens (including phenoxy) is 1. The van der Waals surface area contributed by atoms with Gasteiger partial charge in [-0.05, 0) is 25.5 Å². The maximum Gasteiger partial charge on any atom is 0.249 e. The topological polar surface area (TPSA) is 64.3 Å². The molecule has 1 rings (SSSR count). The Morgan fingerprint density at radius 3 is 2.76 bits per heavy atom. The largest absolute Gasteiger partial charge is 0.383 e. The molecule has 0 spiro atoms. The monoisotopic (exact) mass is 254 g/mol. The van der Waals surface area contributed by atoms with E-state index in [-0.39, 0.29) is 11.2 Å². The number of carbonyl (C=O) groups excluding carboxylic acids is 1. The highest BCUT2D eigenvalue weighted by molar-refractivity contribution is 8.00. The fraction of sp³-hybridized carbons (Fsp3) is 0.417. The van der Waals surface area contributed by atoms with E-state index in [2.05, 4.69) is 11.5 Å². The van der Waals surface area contributed by atoms with Crippen LogP contribution in [0.15, 0.2) is 23.1 Å². The van der Waals surface area contributed by atoms with Crippen molar-refractivity contribution in [3.05, 3.63) is 29.3 Å². The van der Waals surface area contributed by atoms with Crippen LogP contribution in [0, 0.1) is 13.8 Å². The Hall–Kier alpha value is -1.04. The van der Waals surface area contributed by atoms with E-state index in [0.29, 0.717) is 6.61 Å². The van der Waals surface area contributed by atoms with Gasteiger partial charge in [-0.2, -0.15) is 0 Å². The Morgan fingerprint density at radius 1 is 1.53 bits per heavy atom. The summed E-state index contributed by atoms with van der Waals surface area (Å²) in [6.45, 7) is 4.40. The molecule has 1 unspecified atom stereocenters. The van der Waals surface area contributed by atoms with E-state index in [9.17, 15) is 4.79 Å². The summed E-state index contributed by atoms with van der Waals surface area (Å²) in [4.78, 5) is 12.6. The number of benzene rings is 1. The predicted octanol–water partition coefficient (Wildman–Crippen LogP) is 1.40. The second-order valence-corrected chi connectivity index (χ2v) is 5.08. The van der Waals surface area contributed by atoms with Gasteiger partial charge in [0.05, 0.1) is 6.61 Å². The summed E-state index contributed by atoms with van der Waals surface area (Å²) in [5.41, 5.74) is 4.52. The Balaban J connectivity index is 2.82. The summed E-state index contributed by atoms with van der Waals surface area (Å²) in [5, 5.41) is -0.327. The first-order valence-corrected chi connectivity index (χ1v) is 6.19. The molecule has 1 amide bonds. The molecule has 1 aromatic rings. The summed E-state index contributed by atoms with van der Waals surface area (Å²) in [6.07, 6.45) is 0. The van der Waals surface area contributed by atoms with E-state index in [1.165, 1.54) is 17.3 Å². The molecule has 0 saturated carbocycles. The van der Waals surface area contributed by atoms with E-state index in [0.717, 1.165) is 10.5 Å². The molecule has 0 aliphatic heterocycles. The van der Waals surface area contributed by atoms with Crippen molar-refractivity contribution in [2.75, 3.05) is 13.7 Å². The van der Waals surface area contributed by atoms with Gasteiger partial charge in [-0.15, -0.1) is 11.8 Å². The maximum atomic E-state index is 11.5. The third kappa shape index (κ3) is 4.03. The van der Waals surface area contributed by atoms with Crippen LogP contribution in [0.3, 0.4) is 0 Å². The zero-order chi connectivity index (χ0) is 12.8. The molecular weight excluding hydrogens is 236 g/mol. The molecule has 17 heavy (non-hydrogen) atoms. The lowest BCUT2D eigenvalue weighted by Gasteiger charge is -2.15. The van der Waals surface area contributed by atoms with Crippen LogP contribution < -0.4 is 11.3 Å². The minimum Gasteiger partial charge on any atom is -0.383 e. The van der Waals surface area contributed by atoms with Crippen molar-refractivity contribution in [2.45, 2.75) is 24.0 Å². The molecule has 0 saturated heterocycles. The molecule has 0 fully saturated rings. The minimum absolute atomic E-state index is 0.225. The summed E-state index contributed by atoms with van der Waals surface area (Å²) in [6, 6.07) is 6.13. The van der Waals surface area contributed by atoms with E-state index >= 15 is 0 Å². The third-order valence-corrected chi connectivity index (χ3v) is 3.70. The molecule has 0 radical (unpaired) electrons. The van der Waals surface area contributed by atoms with E-state index in [1.807, 2.05) is 26.0 Å². The summed E-state index contributed by atoms with van der Waals surface area (Å²) in [5.74, 6) is 4.93. The van der Waals surface area contributed by atoms with Gasteiger partial charge in [-0.1, -0.05) is 17.7 Å². The smallest absolute Gasteiger partial charge is 0.249 e. The average Bonchev–Trinajstić information content (AvgIpc) is 2.30. The molecule has 1 aromatic carbocycles. The van der Waals surface area contributed by atoms with Crippen molar-refractivity contribution in [2.24, 2.45) is 5.84 Å². The first-order valence-electron chi connectivity index (χ1n) is 5.31. The number of aryl methyl sites for hydroxylation is 2. The number of amides is 1. The lowest BCUT2D eigenvalue weighted by atomic mass is 10.2. The lowest BCUT2D eigenvalue weighted by molar-refractivity contribution is -0.121. The van der Waals surface area contributed by atoms with Gasteiger partial charge in [0.2, 0.25) is 5.91 Å². The van der Waals surface area contributed by atoms with Crippen LogP contribution in [-0.4, -0.2) is 24.9 Å². The Morgan fingerprint density at radius 2 is 2.24 bits per heavy atom. The van der Waals surface area contributed by atoms with E-state index in [4.69, 9.17) is 10.6 Å². The standard InChI is InChI=1S/C12H18N2O2S/c1-8-4-5-10(9(2)6-8)17-11(7-16-3)12(15)14-13/h4-6,11H,7,13H2,1-3H3,(H,14,15). The van der Waals surface area contributed by atoms with Gasteiger partial charge in [-0.3, -0.25) is 10.2 Å². The second kappa shape index (κ2) is 6.64. The summed E-state index contributed by atoms with van der Waals surface area (Å²) in [7, 11) is 1.57. The minimum atomic E-state index is -0.327. The number of hydrazine groups is 1. The number of methoxy groups -OCH3 is 1. The molecule has 0 heterocycles. The highest BCUT2D eigenvalue weighted by Gasteiger charge is 2.19. The van der Waals surface area contributed by atoms with Crippen LogP contribution in [0.25, 0.3) is 0 Å². The highest BCUT2D eigenvalue weighted by Crippen LogP contribution is 2.27. The van der Waals surface area contributed by atoms with E-state index < -0.39 is 0 Å². The van der Waals surface area contributed by atoms with Gasteiger partial charge in [0, 0.05) is 12.0 Å². The van der Waals surface area contributed by atoms with Crippen molar-refractivity contribution < 1.29 is 9.53 Å². The van der Waals surface area contributed by atoms with E-state index in [1.54, 1.807) is 7.11 Å².